The van der Waals surface area contributed by atoms with Gasteiger partial charge in [0, 0.05) is 6.54 Å². The maximum atomic E-state index is 11.8. The van der Waals surface area contributed by atoms with Gasteiger partial charge in [-0.2, -0.15) is 0 Å². The van der Waals surface area contributed by atoms with Crippen LogP contribution in [-0.2, 0) is 10.0 Å². The van der Waals surface area contributed by atoms with Crippen molar-refractivity contribution in [2.75, 3.05) is 13.1 Å². The number of aromatic carboxylic acids is 1. The van der Waals surface area contributed by atoms with Crippen LogP contribution < -0.4 is 10.5 Å². The minimum atomic E-state index is -3.73. The number of carbonyl (C=O) groups is 1. The lowest BCUT2D eigenvalue weighted by atomic mass is 10.2. The second-order valence-electron chi connectivity index (χ2n) is 3.49. The lowest BCUT2D eigenvalue weighted by Gasteiger charge is -2.07. The summed E-state index contributed by atoms with van der Waals surface area (Å²) >= 11 is 5.66. The van der Waals surface area contributed by atoms with E-state index in [1.165, 1.54) is 12.1 Å². The maximum Gasteiger partial charge on any atom is 0.337 e. The number of benzene rings is 1. The van der Waals surface area contributed by atoms with Crippen molar-refractivity contribution >= 4 is 27.6 Å². The van der Waals surface area contributed by atoms with Crippen molar-refractivity contribution in [1.82, 2.24) is 4.72 Å². The number of hydrogen-bond donors (Lipinski definition) is 3. The fraction of sp³-hybridized carbons (Fsp3) is 0.300. The standard InChI is InChI=1S/C10H13ClN2O4S/c11-9-3-2-7(6-8(9)10(14)15)18(16,17)13-5-1-4-12/h2-3,6,13H,1,4-5,12H2,(H,14,15). The Bertz CT molecular complexity index is 545. The van der Waals surface area contributed by atoms with Crippen LogP contribution in [0.1, 0.15) is 16.8 Å². The fourth-order valence-electron chi connectivity index (χ4n) is 1.23. The molecule has 0 saturated carbocycles. The molecule has 1 aromatic carbocycles. The zero-order chi connectivity index (χ0) is 13.8. The summed E-state index contributed by atoms with van der Waals surface area (Å²) in [6.45, 7) is 0.563. The zero-order valence-corrected chi connectivity index (χ0v) is 11.0. The molecule has 1 rings (SSSR count). The van der Waals surface area contributed by atoms with E-state index in [1.807, 2.05) is 0 Å². The number of nitrogens with two attached hydrogens (primary N) is 1. The minimum absolute atomic E-state index is 0.0107. The first-order valence-corrected chi connectivity index (χ1v) is 6.97. The average molecular weight is 293 g/mol. The molecule has 0 aliphatic heterocycles. The van der Waals surface area contributed by atoms with E-state index in [1.54, 1.807) is 0 Å². The molecule has 0 radical (unpaired) electrons. The largest absolute Gasteiger partial charge is 0.478 e. The van der Waals surface area contributed by atoms with Gasteiger partial charge in [0.1, 0.15) is 0 Å². The van der Waals surface area contributed by atoms with Crippen molar-refractivity contribution in [3.63, 3.8) is 0 Å². The van der Waals surface area contributed by atoms with Gasteiger partial charge in [-0.1, -0.05) is 11.6 Å². The first-order valence-electron chi connectivity index (χ1n) is 5.11. The Labute approximate surface area is 110 Å². The molecule has 0 amide bonds. The van der Waals surface area contributed by atoms with Crippen molar-refractivity contribution < 1.29 is 18.3 Å². The molecule has 0 unspecified atom stereocenters. The van der Waals surface area contributed by atoms with E-state index >= 15 is 0 Å². The molecule has 0 aliphatic rings. The van der Waals surface area contributed by atoms with Crippen LogP contribution in [0.4, 0.5) is 0 Å². The molecular formula is C10H13ClN2O4S. The summed E-state index contributed by atoms with van der Waals surface area (Å²) in [4.78, 5) is 10.7. The van der Waals surface area contributed by atoms with Crippen molar-refractivity contribution in [1.29, 1.82) is 0 Å². The molecule has 0 aliphatic carbocycles. The Balaban J connectivity index is 3.02. The van der Waals surface area contributed by atoms with E-state index in [9.17, 15) is 13.2 Å². The highest BCUT2D eigenvalue weighted by molar-refractivity contribution is 7.89. The third-order valence-electron chi connectivity index (χ3n) is 2.15. The Hall–Kier alpha value is -1.15. The predicted octanol–water partition coefficient (Wildman–Crippen LogP) is 0.665. The molecule has 0 aromatic heterocycles. The summed E-state index contributed by atoms with van der Waals surface area (Å²) in [5, 5.41) is 8.84. The summed E-state index contributed by atoms with van der Waals surface area (Å²) in [6.07, 6.45) is 0.499. The maximum absolute atomic E-state index is 11.8. The molecule has 0 heterocycles. The number of nitrogens with one attached hydrogen (secondary N) is 1. The summed E-state index contributed by atoms with van der Waals surface area (Å²) in [7, 11) is -3.73. The normalized spacial score (nSPS) is 11.4. The molecule has 8 heteroatoms. The highest BCUT2D eigenvalue weighted by Gasteiger charge is 2.17. The Kier molecular flexibility index (Phi) is 5.09. The lowest BCUT2D eigenvalue weighted by molar-refractivity contribution is 0.0697. The Morgan fingerprint density at radius 3 is 2.67 bits per heavy atom. The monoisotopic (exact) mass is 292 g/mol. The number of sulfonamides is 1. The predicted molar refractivity (Wildman–Crippen MR) is 67.3 cm³/mol. The second-order valence-corrected chi connectivity index (χ2v) is 5.66. The topological polar surface area (TPSA) is 109 Å². The minimum Gasteiger partial charge on any atom is -0.478 e. The number of rotatable bonds is 6. The molecule has 0 bridgehead atoms. The van der Waals surface area contributed by atoms with Crippen LogP contribution in [0.5, 0.6) is 0 Å². The van der Waals surface area contributed by atoms with Gasteiger partial charge in [-0.3, -0.25) is 0 Å². The Morgan fingerprint density at radius 2 is 2.11 bits per heavy atom. The van der Waals surface area contributed by atoms with E-state index in [0.29, 0.717) is 13.0 Å². The first kappa shape index (κ1) is 14.9. The van der Waals surface area contributed by atoms with Crippen LogP contribution in [0.25, 0.3) is 0 Å². The van der Waals surface area contributed by atoms with Crippen molar-refractivity contribution in [2.24, 2.45) is 5.73 Å². The van der Waals surface area contributed by atoms with Crippen LogP contribution in [0.3, 0.4) is 0 Å². The third-order valence-corrected chi connectivity index (χ3v) is 3.94. The van der Waals surface area contributed by atoms with Crippen LogP contribution in [0.2, 0.25) is 5.02 Å². The molecule has 0 spiro atoms. The van der Waals surface area contributed by atoms with Crippen LogP contribution >= 0.6 is 11.6 Å². The smallest absolute Gasteiger partial charge is 0.337 e. The summed E-state index contributed by atoms with van der Waals surface area (Å²) in [5.41, 5.74) is 5.00. The van der Waals surface area contributed by atoms with Crippen molar-refractivity contribution in [2.45, 2.75) is 11.3 Å². The molecule has 0 saturated heterocycles. The molecule has 6 nitrogen and oxygen atoms in total. The van der Waals surface area contributed by atoms with Gasteiger partial charge in [0.15, 0.2) is 0 Å². The molecule has 4 N–H and O–H groups in total. The highest BCUT2D eigenvalue weighted by atomic mass is 35.5. The quantitative estimate of drug-likeness (QED) is 0.667. The van der Waals surface area contributed by atoms with E-state index in [2.05, 4.69) is 4.72 Å². The van der Waals surface area contributed by atoms with E-state index in [-0.39, 0.29) is 22.0 Å². The van der Waals surface area contributed by atoms with Gasteiger partial charge < -0.3 is 10.8 Å². The fourth-order valence-corrected chi connectivity index (χ4v) is 2.53. The van der Waals surface area contributed by atoms with E-state index < -0.39 is 16.0 Å². The molecule has 18 heavy (non-hydrogen) atoms. The number of carboxylic acid groups (broad SMARTS) is 1. The molecule has 1 aromatic rings. The third kappa shape index (κ3) is 3.67. The van der Waals surface area contributed by atoms with Crippen molar-refractivity contribution in [3.05, 3.63) is 28.8 Å². The second kappa shape index (κ2) is 6.14. The van der Waals surface area contributed by atoms with Gasteiger partial charge in [0.2, 0.25) is 10.0 Å². The number of hydrogen-bond acceptors (Lipinski definition) is 4. The van der Waals surface area contributed by atoms with Crippen LogP contribution in [0, 0.1) is 0 Å². The van der Waals surface area contributed by atoms with Crippen LogP contribution in [0.15, 0.2) is 23.1 Å². The zero-order valence-electron chi connectivity index (χ0n) is 9.39. The summed E-state index contributed by atoms with van der Waals surface area (Å²) in [5.74, 6) is -1.28. The average Bonchev–Trinajstić information content (AvgIpc) is 2.29. The summed E-state index contributed by atoms with van der Waals surface area (Å²) in [6, 6.07) is 3.51. The van der Waals surface area contributed by atoms with Gasteiger partial charge in [-0.05, 0) is 31.2 Å². The SMILES string of the molecule is NCCCNS(=O)(=O)c1ccc(Cl)c(C(=O)O)c1. The first-order chi connectivity index (χ1) is 8.38. The number of carboxylic acids is 1. The van der Waals surface area contributed by atoms with E-state index in [4.69, 9.17) is 22.4 Å². The summed E-state index contributed by atoms with van der Waals surface area (Å²) < 4.78 is 25.9. The van der Waals surface area contributed by atoms with E-state index in [0.717, 1.165) is 6.07 Å². The van der Waals surface area contributed by atoms with Gasteiger partial charge in [0.25, 0.3) is 0 Å². The van der Waals surface area contributed by atoms with Gasteiger partial charge in [-0.25, -0.2) is 17.9 Å². The molecular weight excluding hydrogens is 280 g/mol. The van der Waals surface area contributed by atoms with Crippen molar-refractivity contribution in [3.8, 4) is 0 Å². The van der Waals surface area contributed by atoms with Gasteiger partial charge in [0.05, 0.1) is 15.5 Å². The Morgan fingerprint density at radius 1 is 1.44 bits per heavy atom. The number of halogens is 1. The van der Waals surface area contributed by atoms with Gasteiger partial charge >= 0.3 is 5.97 Å². The molecule has 100 valence electrons. The molecule has 0 fully saturated rings. The lowest BCUT2D eigenvalue weighted by Crippen LogP contribution is -2.26. The van der Waals surface area contributed by atoms with Gasteiger partial charge in [-0.15, -0.1) is 0 Å². The molecule has 0 atom stereocenters. The highest BCUT2D eigenvalue weighted by Crippen LogP contribution is 2.20. The van der Waals surface area contributed by atoms with Crippen LogP contribution in [-0.4, -0.2) is 32.6 Å².